The minimum Gasteiger partial charge on any atom is -0.506 e. The van der Waals surface area contributed by atoms with Crippen LogP contribution in [0.1, 0.15) is 18.4 Å². The molecule has 0 saturated carbocycles. The molecule has 27 heavy (non-hydrogen) atoms. The highest BCUT2D eigenvalue weighted by molar-refractivity contribution is 5.83. The molecule has 0 spiro atoms. The first-order valence-corrected chi connectivity index (χ1v) is 8.36. The fourth-order valence-electron chi connectivity index (χ4n) is 2.84. The summed E-state index contributed by atoms with van der Waals surface area (Å²) in [6.45, 7) is 1.14. The predicted octanol–water partition coefficient (Wildman–Crippen LogP) is 4.02. The van der Waals surface area contributed by atoms with E-state index in [9.17, 15) is 18.0 Å². The zero-order valence-electron chi connectivity index (χ0n) is 14.2. The number of benzene rings is 1. The van der Waals surface area contributed by atoms with Crippen molar-refractivity contribution in [2.75, 3.05) is 23.3 Å². The number of carbonyl (C=O) groups excluding carboxylic acids is 1. The Hall–Kier alpha value is -2.97. The van der Waals surface area contributed by atoms with Gasteiger partial charge in [-0.05, 0) is 36.4 Å². The molecule has 1 fully saturated rings. The second-order valence-corrected chi connectivity index (χ2v) is 6.16. The van der Waals surface area contributed by atoms with Crippen molar-refractivity contribution in [1.82, 2.24) is 4.98 Å². The predicted molar refractivity (Wildman–Crippen MR) is 92.7 cm³/mol. The monoisotopic (exact) mass is 381 g/mol. The Morgan fingerprint density at radius 2 is 1.81 bits per heavy atom. The number of pyridine rings is 1. The summed E-state index contributed by atoms with van der Waals surface area (Å²) in [5.41, 5.74) is 0.0307. The third-order valence-corrected chi connectivity index (χ3v) is 4.25. The first kappa shape index (κ1) is 18.8. The molecule has 9 heteroatoms. The maximum absolute atomic E-state index is 12.6. The number of hydrogen-bond donors (Lipinski definition) is 2. The van der Waals surface area contributed by atoms with Crippen molar-refractivity contribution in [1.29, 1.82) is 0 Å². The van der Waals surface area contributed by atoms with Crippen molar-refractivity contribution in [3.63, 3.8) is 0 Å². The molecule has 3 rings (SSSR count). The molecule has 2 aromatic rings. The minimum atomic E-state index is -4.35. The quantitative estimate of drug-likeness (QED) is 0.840. The molecular weight excluding hydrogens is 363 g/mol. The van der Waals surface area contributed by atoms with Crippen molar-refractivity contribution in [2.45, 2.75) is 25.1 Å². The van der Waals surface area contributed by atoms with Crippen molar-refractivity contribution in [2.24, 2.45) is 0 Å². The first-order chi connectivity index (χ1) is 12.8. The molecule has 0 radical (unpaired) electrons. The number of aromatic hydroxyl groups is 1. The lowest BCUT2D eigenvalue weighted by Crippen LogP contribution is -2.38. The standard InChI is InChI=1S/C18H18F3N3O3/c19-18(20,21)12-1-3-13(4-2-12)24-9-7-15(8-10-24)27-17(26)23-16-6-5-14(25)11-22-16/h1-6,11,15,25H,7-10H2,(H,22,23,26). The molecule has 2 heterocycles. The highest BCUT2D eigenvalue weighted by atomic mass is 19.4. The summed E-state index contributed by atoms with van der Waals surface area (Å²) in [5, 5.41) is 11.6. The number of piperidine rings is 1. The number of nitrogens with zero attached hydrogens (tertiary/aromatic N) is 2. The average molecular weight is 381 g/mol. The van der Waals surface area contributed by atoms with Gasteiger partial charge < -0.3 is 14.7 Å². The van der Waals surface area contributed by atoms with E-state index in [1.54, 1.807) is 0 Å². The number of carbonyl (C=O) groups is 1. The molecule has 0 atom stereocenters. The molecular formula is C18H18F3N3O3. The zero-order chi connectivity index (χ0) is 19.4. The lowest BCUT2D eigenvalue weighted by atomic mass is 10.1. The SMILES string of the molecule is O=C(Nc1ccc(O)cn1)OC1CCN(c2ccc(C(F)(F)F)cc2)CC1. The van der Waals surface area contributed by atoms with Crippen LogP contribution in [0.25, 0.3) is 0 Å². The molecule has 1 amide bonds. The second-order valence-electron chi connectivity index (χ2n) is 6.16. The van der Waals surface area contributed by atoms with E-state index in [1.165, 1.54) is 30.5 Å². The van der Waals surface area contributed by atoms with Crippen LogP contribution in [-0.4, -0.2) is 35.4 Å². The molecule has 1 aliphatic heterocycles. The number of amides is 1. The van der Waals surface area contributed by atoms with Gasteiger partial charge in [0.1, 0.15) is 17.7 Å². The number of aromatic nitrogens is 1. The number of rotatable bonds is 3. The third-order valence-electron chi connectivity index (χ3n) is 4.25. The molecule has 6 nitrogen and oxygen atoms in total. The zero-order valence-corrected chi connectivity index (χ0v) is 14.2. The molecule has 0 bridgehead atoms. The van der Waals surface area contributed by atoms with Crippen molar-refractivity contribution < 1.29 is 27.8 Å². The van der Waals surface area contributed by atoms with Gasteiger partial charge in [0.2, 0.25) is 0 Å². The smallest absolute Gasteiger partial charge is 0.416 e. The van der Waals surface area contributed by atoms with Gasteiger partial charge in [-0.3, -0.25) is 5.32 Å². The highest BCUT2D eigenvalue weighted by Gasteiger charge is 2.30. The molecule has 0 aliphatic carbocycles. The maximum atomic E-state index is 12.6. The van der Waals surface area contributed by atoms with Gasteiger partial charge in [-0.2, -0.15) is 13.2 Å². The topological polar surface area (TPSA) is 74.7 Å². The summed E-state index contributed by atoms with van der Waals surface area (Å²) in [5.74, 6) is 0.254. The van der Waals surface area contributed by atoms with E-state index in [4.69, 9.17) is 9.84 Å². The molecule has 1 aliphatic rings. The summed E-state index contributed by atoms with van der Waals surface area (Å²) in [6, 6.07) is 7.88. The third kappa shape index (κ3) is 5.02. The number of alkyl halides is 3. The summed E-state index contributed by atoms with van der Waals surface area (Å²) in [7, 11) is 0. The Kier molecular flexibility index (Phi) is 5.38. The average Bonchev–Trinajstić information content (AvgIpc) is 2.64. The lowest BCUT2D eigenvalue weighted by molar-refractivity contribution is -0.137. The molecule has 1 aromatic carbocycles. The van der Waals surface area contributed by atoms with Gasteiger partial charge in [0.05, 0.1) is 11.8 Å². The van der Waals surface area contributed by atoms with Gasteiger partial charge in [0, 0.05) is 31.6 Å². The van der Waals surface area contributed by atoms with Crippen molar-refractivity contribution in [3.05, 3.63) is 48.2 Å². The molecule has 1 saturated heterocycles. The Morgan fingerprint density at radius 3 is 2.37 bits per heavy atom. The van der Waals surface area contributed by atoms with Gasteiger partial charge in [-0.15, -0.1) is 0 Å². The van der Waals surface area contributed by atoms with Crippen LogP contribution in [0, 0.1) is 0 Å². The Balaban J connectivity index is 1.48. The fourth-order valence-corrected chi connectivity index (χ4v) is 2.84. The van der Waals surface area contributed by atoms with E-state index in [2.05, 4.69) is 10.3 Å². The number of nitrogens with one attached hydrogen (secondary N) is 1. The Morgan fingerprint density at radius 1 is 1.15 bits per heavy atom. The van der Waals surface area contributed by atoms with Gasteiger partial charge in [0.15, 0.2) is 0 Å². The van der Waals surface area contributed by atoms with E-state index < -0.39 is 17.8 Å². The van der Waals surface area contributed by atoms with Crippen LogP contribution in [0.5, 0.6) is 5.75 Å². The number of anilines is 2. The summed E-state index contributed by atoms with van der Waals surface area (Å²) in [4.78, 5) is 17.7. The van der Waals surface area contributed by atoms with Crippen LogP contribution in [0.15, 0.2) is 42.6 Å². The van der Waals surface area contributed by atoms with Crippen LogP contribution in [0.3, 0.4) is 0 Å². The number of halogens is 3. The van der Waals surface area contributed by atoms with E-state index in [0.717, 1.165) is 12.1 Å². The summed E-state index contributed by atoms with van der Waals surface area (Å²) < 4.78 is 43.2. The normalized spacial score (nSPS) is 15.4. The lowest BCUT2D eigenvalue weighted by Gasteiger charge is -2.33. The Bertz CT molecular complexity index is 771. The number of ether oxygens (including phenoxy) is 1. The van der Waals surface area contributed by atoms with Gasteiger partial charge in [-0.25, -0.2) is 9.78 Å². The van der Waals surface area contributed by atoms with E-state index in [-0.39, 0.29) is 17.7 Å². The Labute approximate surface area is 153 Å². The number of hydrogen-bond acceptors (Lipinski definition) is 5. The summed E-state index contributed by atoms with van der Waals surface area (Å²) >= 11 is 0. The van der Waals surface area contributed by atoms with E-state index in [0.29, 0.717) is 31.6 Å². The first-order valence-electron chi connectivity index (χ1n) is 8.36. The second kappa shape index (κ2) is 7.73. The van der Waals surface area contributed by atoms with Crippen molar-refractivity contribution in [3.8, 4) is 5.75 Å². The van der Waals surface area contributed by atoms with Crippen molar-refractivity contribution >= 4 is 17.6 Å². The fraction of sp³-hybridized carbons (Fsp3) is 0.333. The largest absolute Gasteiger partial charge is 0.506 e. The molecule has 0 unspecified atom stereocenters. The summed E-state index contributed by atoms with van der Waals surface area (Å²) in [6.07, 6.45) is -2.93. The van der Waals surface area contributed by atoms with Gasteiger partial charge in [-0.1, -0.05) is 0 Å². The highest BCUT2D eigenvalue weighted by Crippen LogP contribution is 2.31. The van der Waals surface area contributed by atoms with Gasteiger partial charge >= 0.3 is 12.3 Å². The van der Waals surface area contributed by atoms with Crippen LogP contribution < -0.4 is 10.2 Å². The minimum absolute atomic E-state index is 0.00967. The van der Waals surface area contributed by atoms with E-state index in [1.807, 2.05) is 4.90 Å². The van der Waals surface area contributed by atoms with Crippen LogP contribution in [0.4, 0.5) is 29.5 Å². The maximum Gasteiger partial charge on any atom is 0.416 e. The van der Waals surface area contributed by atoms with Crippen LogP contribution in [-0.2, 0) is 10.9 Å². The molecule has 1 aromatic heterocycles. The van der Waals surface area contributed by atoms with Crippen LogP contribution in [0.2, 0.25) is 0 Å². The molecule has 2 N–H and O–H groups in total. The van der Waals surface area contributed by atoms with Crippen LogP contribution >= 0.6 is 0 Å². The molecule has 144 valence electrons. The van der Waals surface area contributed by atoms with E-state index >= 15 is 0 Å². The van der Waals surface area contributed by atoms with Gasteiger partial charge in [0.25, 0.3) is 0 Å².